The minimum atomic E-state index is -0.805. The van der Waals surface area contributed by atoms with E-state index in [9.17, 15) is 14.7 Å². The van der Waals surface area contributed by atoms with Crippen molar-refractivity contribution in [3.8, 4) is 0 Å². The zero-order chi connectivity index (χ0) is 13.8. The fourth-order valence-electron chi connectivity index (χ4n) is 2.14. The molecule has 2 rings (SSSR count). The number of primary amides is 1. The number of amides is 2. The summed E-state index contributed by atoms with van der Waals surface area (Å²) in [4.78, 5) is 26.3. The molecule has 1 aliphatic carbocycles. The van der Waals surface area contributed by atoms with Gasteiger partial charge in [0.1, 0.15) is 0 Å². The van der Waals surface area contributed by atoms with E-state index < -0.39 is 12.0 Å². The first kappa shape index (κ1) is 13.5. The highest BCUT2D eigenvalue weighted by molar-refractivity contribution is 5.87. The first-order chi connectivity index (χ1) is 9.06. The molecule has 2 atom stereocenters. The van der Waals surface area contributed by atoms with E-state index in [4.69, 9.17) is 5.73 Å². The van der Waals surface area contributed by atoms with Crippen molar-refractivity contribution in [2.45, 2.75) is 38.3 Å². The van der Waals surface area contributed by atoms with Crippen molar-refractivity contribution in [2.75, 3.05) is 0 Å². The van der Waals surface area contributed by atoms with Crippen LogP contribution in [0.4, 0.5) is 0 Å². The van der Waals surface area contributed by atoms with Crippen LogP contribution in [0.3, 0.4) is 0 Å². The van der Waals surface area contributed by atoms with E-state index in [-0.39, 0.29) is 30.1 Å². The highest BCUT2D eigenvalue weighted by Gasteiger charge is 2.26. The molecule has 0 unspecified atom stereocenters. The van der Waals surface area contributed by atoms with Crippen LogP contribution < -0.4 is 11.1 Å². The molecule has 0 aliphatic heterocycles. The summed E-state index contributed by atoms with van der Waals surface area (Å²) in [5.74, 6) is -1.23. The Morgan fingerprint density at radius 2 is 2.26 bits per heavy atom. The molecule has 1 fully saturated rings. The average Bonchev–Trinajstić information content (AvgIpc) is 2.85. The normalized spacial score (nSPS) is 23.0. The molecule has 1 heterocycles. The maximum absolute atomic E-state index is 11.9. The number of carbonyl (C=O) groups excluding carboxylic acids is 2. The Kier molecular flexibility index (Phi) is 4.10. The van der Waals surface area contributed by atoms with Crippen LogP contribution in [-0.4, -0.2) is 33.2 Å². The van der Waals surface area contributed by atoms with Crippen LogP contribution in [0, 0.1) is 5.92 Å². The quantitative estimate of drug-likeness (QED) is 0.664. The summed E-state index contributed by atoms with van der Waals surface area (Å²) >= 11 is 0. The van der Waals surface area contributed by atoms with E-state index in [1.54, 1.807) is 0 Å². The van der Waals surface area contributed by atoms with Crippen LogP contribution in [0.15, 0.2) is 4.52 Å². The molecule has 0 aromatic carbocycles. The van der Waals surface area contributed by atoms with Gasteiger partial charge < -0.3 is 20.7 Å². The third kappa shape index (κ3) is 3.50. The number of nitrogens with one attached hydrogen (secondary N) is 1. The van der Waals surface area contributed by atoms with Gasteiger partial charge in [0.2, 0.25) is 5.91 Å². The molecule has 0 radical (unpaired) electrons. The molecule has 1 saturated carbocycles. The van der Waals surface area contributed by atoms with E-state index in [2.05, 4.69) is 20.0 Å². The van der Waals surface area contributed by atoms with Crippen LogP contribution in [0.2, 0.25) is 0 Å². The van der Waals surface area contributed by atoms with E-state index in [1.807, 2.05) is 0 Å². The molecule has 4 N–H and O–H groups in total. The molecule has 104 valence electrons. The molecule has 8 nitrogen and oxygen atoms in total. The fourth-order valence-corrected chi connectivity index (χ4v) is 2.14. The van der Waals surface area contributed by atoms with Gasteiger partial charge in [-0.25, -0.2) is 0 Å². The summed E-state index contributed by atoms with van der Waals surface area (Å²) in [7, 11) is 0. The van der Waals surface area contributed by atoms with Crippen molar-refractivity contribution >= 4 is 11.8 Å². The van der Waals surface area contributed by atoms with Gasteiger partial charge in [0.15, 0.2) is 5.82 Å². The van der Waals surface area contributed by atoms with E-state index in [1.165, 1.54) is 0 Å². The van der Waals surface area contributed by atoms with E-state index >= 15 is 0 Å². The van der Waals surface area contributed by atoms with E-state index in [0.717, 1.165) is 19.3 Å². The minimum Gasteiger partial charge on any atom is -0.393 e. The minimum absolute atomic E-state index is 0.0716. The number of aliphatic hydroxyl groups is 1. The lowest BCUT2D eigenvalue weighted by Crippen LogP contribution is -2.35. The van der Waals surface area contributed by atoms with Crippen LogP contribution >= 0.6 is 0 Å². The number of hydrogen-bond donors (Lipinski definition) is 3. The summed E-state index contributed by atoms with van der Waals surface area (Å²) in [5.41, 5.74) is 4.96. The largest absolute Gasteiger partial charge is 0.393 e. The van der Waals surface area contributed by atoms with Crippen molar-refractivity contribution < 1.29 is 19.2 Å². The molecule has 0 spiro atoms. The monoisotopic (exact) mass is 268 g/mol. The Bertz CT molecular complexity index is 473. The van der Waals surface area contributed by atoms with E-state index in [0.29, 0.717) is 6.42 Å². The average molecular weight is 268 g/mol. The summed E-state index contributed by atoms with van der Waals surface area (Å²) in [6, 6.07) is 0. The molecular weight excluding hydrogens is 252 g/mol. The topological polar surface area (TPSA) is 131 Å². The van der Waals surface area contributed by atoms with Gasteiger partial charge in [0.25, 0.3) is 0 Å². The fraction of sp³-hybridized carbons (Fsp3) is 0.636. The summed E-state index contributed by atoms with van der Waals surface area (Å²) in [6.07, 6.45) is 2.42. The van der Waals surface area contributed by atoms with Crippen LogP contribution in [0.1, 0.15) is 42.2 Å². The number of nitrogens with two attached hydrogens (primary N) is 1. The zero-order valence-corrected chi connectivity index (χ0v) is 10.3. The van der Waals surface area contributed by atoms with Gasteiger partial charge in [0.05, 0.1) is 12.6 Å². The number of nitrogens with zero attached hydrogens (tertiary/aromatic N) is 2. The second kappa shape index (κ2) is 5.79. The second-order valence-electron chi connectivity index (χ2n) is 4.62. The molecule has 0 bridgehead atoms. The Morgan fingerprint density at radius 1 is 1.47 bits per heavy atom. The first-order valence-electron chi connectivity index (χ1n) is 6.14. The Hall–Kier alpha value is -1.96. The van der Waals surface area contributed by atoms with Crippen LogP contribution in [-0.2, 0) is 11.3 Å². The smallest absolute Gasteiger partial charge is 0.315 e. The Balaban J connectivity index is 1.84. The molecule has 1 aromatic rings. The molecule has 19 heavy (non-hydrogen) atoms. The molecule has 1 aliphatic rings. The van der Waals surface area contributed by atoms with Gasteiger partial charge >= 0.3 is 11.8 Å². The summed E-state index contributed by atoms with van der Waals surface area (Å²) < 4.78 is 4.59. The molecular formula is C11H16N4O4. The van der Waals surface area contributed by atoms with Gasteiger partial charge in [-0.1, -0.05) is 11.6 Å². The SMILES string of the molecule is NC(=O)c1nc(CNC(=O)[C@H]2CCC[C@@H](O)C2)no1. The molecule has 2 amide bonds. The number of aliphatic hydroxyl groups excluding tert-OH is 1. The van der Waals surface area contributed by atoms with Gasteiger partial charge in [-0.2, -0.15) is 4.98 Å². The first-order valence-corrected chi connectivity index (χ1v) is 6.14. The molecule has 0 saturated heterocycles. The standard InChI is InChI=1S/C11H16N4O4/c12-9(17)11-14-8(15-19-11)5-13-10(18)6-2-1-3-7(16)4-6/h6-7,16H,1-5H2,(H2,12,17)(H,13,18)/t6-,7+/m0/s1. The Morgan fingerprint density at radius 3 is 2.89 bits per heavy atom. The maximum Gasteiger partial charge on any atom is 0.315 e. The molecule has 8 heteroatoms. The third-order valence-electron chi connectivity index (χ3n) is 3.12. The number of hydrogen-bond acceptors (Lipinski definition) is 6. The predicted molar refractivity (Wildman–Crippen MR) is 62.6 cm³/mol. The zero-order valence-electron chi connectivity index (χ0n) is 10.3. The molecule has 1 aromatic heterocycles. The van der Waals surface area contributed by atoms with Crippen molar-refractivity contribution in [1.82, 2.24) is 15.5 Å². The summed E-state index contributed by atoms with van der Waals surface area (Å²) in [5, 5.41) is 15.7. The highest BCUT2D eigenvalue weighted by Crippen LogP contribution is 2.24. The van der Waals surface area contributed by atoms with Crippen molar-refractivity contribution in [2.24, 2.45) is 11.7 Å². The second-order valence-corrected chi connectivity index (χ2v) is 4.62. The lowest BCUT2D eigenvalue weighted by molar-refractivity contribution is -0.127. The summed E-state index contributed by atoms with van der Waals surface area (Å²) in [6.45, 7) is 0.0716. The van der Waals surface area contributed by atoms with Gasteiger partial charge in [-0.05, 0) is 19.3 Å². The Labute approximate surface area is 109 Å². The van der Waals surface area contributed by atoms with Gasteiger partial charge in [0, 0.05) is 5.92 Å². The van der Waals surface area contributed by atoms with Crippen LogP contribution in [0.5, 0.6) is 0 Å². The third-order valence-corrected chi connectivity index (χ3v) is 3.12. The predicted octanol–water partition coefficient (Wildman–Crippen LogP) is -0.664. The van der Waals surface area contributed by atoms with Gasteiger partial charge in [-0.3, -0.25) is 9.59 Å². The lowest BCUT2D eigenvalue weighted by Gasteiger charge is -2.24. The highest BCUT2D eigenvalue weighted by atomic mass is 16.5. The van der Waals surface area contributed by atoms with Crippen molar-refractivity contribution in [3.05, 3.63) is 11.7 Å². The van der Waals surface area contributed by atoms with Crippen LogP contribution in [0.25, 0.3) is 0 Å². The lowest BCUT2D eigenvalue weighted by atomic mass is 9.87. The number of carbonyl (C=O) groups is 2. The maximum atomic E-state index is 11.9. The number of rotatable bonds is 4. The van der Waals surface area contributed by atoms with Crippen molar-refractivity contribution in [3.63, 3.8) is 0 Å². The van der Waals surface area contributed by atoms with Crippen molar-refractivity contribution in [1.29, 1.82) is 0 Å². The van der Waals surface area contributed by atoms with Gasteiger partial charge in [-0.15, -0.1) is 0 Å². The number of aromatic nitrogens is 2.